The number of rotatable bonds is 6. The van der Waals surface area contributed by atoms with Gasteiger partial charge in [-0.05, 0) is 52.8 Å². The average Bonchev–Trinajstić information content (AvgIpc) is 2.47. The first kappa shape index (κ1) is 21.2. The Morgan fingerprint density at radius 2 is 1.96 bits per heavy atom. The predicted molar refractivity (Wildman–Crippen MR) is 94.0 cm³/mol. The number of halogens is 3. The molecular weight excluding hydrogens is 404 g/mol. The molecule has 0 spiro atoms. The molecule has 0 saturated heterocycles. The molecule has 0 radical (unpaired) electrons. The van der Waals surface area contributed by atoms with Crippen molar-refractivity contribution in [3.63, 3.8) is 0 Å². The lowest BCUT2D eigenvalue weighted by atomic mass is 9.87. The summed E-state index contributed by atoms with van der Waals surface area (Å²) in [6.07, 6.45) is -2.24. The van der Waals surface area contributed by atoms with Crippen LogP contribution in [0.15, 0.2) is 22.7 Å². The molecule has 8 heteroatoms. The average molecular weight is 426 g/mol. The van der Waals surface area contributed by atoms with E-state index in [4.69, 9.17) is 4.74 Å². The van der Waals surface area contributed by atoms with E-state index in [9.17, 15) is 17.8 Å². The molecule has 3 atom stereocenters. The normalized spacial score (nSPS) is 17.0. The Hall–Kier alpha value is -0.860. The topological polar surface area (TPSA) is 55.4 Å². The Balaban J connectivity index is 3.42. The molecule has 0 amide bonds. The number of ether oxygens (including phenoxy) is 1. The number of carbonyl (C=O) groups excluding carboxylic acids is 1. The lowest BCUT2D eigenvalue weighted by molar-refractivity contribution is -0.152. The van der Waals surface area contributed by atoms with Crippen LogP contribution in [0, 0.1) is 5.82 Å². The highest BCUT2D eigenvalue weighted by molar-refractivity contribution is 9.10. The van der Waals surface area contributed by atoms with Gasteiger partial charge in [-0.25, -0.2) is 22.5 Å². The summed E-state index contributed by atoms with van der Waals surface area (Å²) < 4.78 is 48.8. The van der Waals surface area contributed by atoms with E-state index in [0.29, 0.717) is 4.47 Å². The van der Waals surface area contributed by atoms with Gasteiger partial charge in [-0.15, -0.1) is 0 Å². The van der Waals surface area contributed by atoms with Gasteiger partial charge in [-0.3, -0.25) is 0 Å². The van der Waals surface area contributed by atoms with Crippen LogP contribution >= 0.6 is 15.9 Å². The van der Waals surface area contributed by atoms with E-state index in [2.05, 4.69) is 20.7 Å². The van der Waals surface area contributed by atoms with Crippen molar-refractivity contribution < 1.29 is 22.5 Å². The van der Waals surface area contributed by atoms with Crippen LogP contribution in [0.1, 0.15) is 40.2 Å². The molecule has 0 saturated carbocycles. The van der Waals surface area contributed by atoms with Crippen molar-refractivity contribution in [3.8, 4) is 0 Å². The van der Waals surface area contributed by atoms with Gasteiger partial charge in [0.2, 0.25) is 6.17 Å². The Bertz CT molecular complexity index is 636. The van der Waals surface area contributed by atoms with Crippen LogP contribution in [-0.4, -0.2) is 27.7 Å². The Kier molecular flexibility index (Phi) is 7.07. The van der Waals surface area contributed by atoms with Crippen molar-refractivity contribution >= 4 is 32.9 Å². The van der Waals surface area contributed by atoms with E-state index in [1.165, 1.54) is 19.1 Å². The third-order valence-corrected chi connectivity index (χ3v) is 5.56. The molecule has 1 rings (SSSR count). The first-order valence-electron chi connectivity index (χ1n) is 7.39. The van der Waals surface area contributed by atoms with Crippen LogP contribution in [0.25, 0.3) is 0 Å². The van der Waals surface area contributed by atoms with Crippen molar-refractivity contribution in [2.75, 3.05) is 6.61 Å². The number of hydrogen-bond donors (Lipinski definition) is 1. The van der Waals surface area contributed by atoms with Crippen molar-refractivity contribution in [2.24, 2.45) is 0 Å². The highest BCUT2D eigenvalue weighted by Gasteiger charge is 2.46. The monoisotopic (exact) mass is 425 g/mol. The van der Waals surface area contributed by atoms with Gasteiger partial charge < -0.3 is 4.74 Å². The van der Waals surface area contributed by atoms with Crippen LogP contribution in [0.4, 0.5) is 8.78 Å². The molecule has 4 nitrogen and oxygen atoms in total. The van der Waals surface area contributed by atoms with E-state index >= 15 is 0 Å². The first-order chi connectivity index (χ1) is 10.9. The molecule has 0 unspecified atom stereocenters. The number of carbonyl (C=O) groups is 1. The van der Waals surface area contributed by atoms with Crippen LogP contribution < -0.4 is 4.72 Å². The molecule has 0 aliphatic rings. The maximum atomic E-state index is 14.9. The molecule has 0 aromatic heterocycles. The second-order valence-corrected chi connectivity index (χ2v) is 9.31. The molecule has 1 aromatic carbocycles. The summed E-state index contributed by atoms with van der Waals surface area (Å²) in [6, 6.07) is 3.96. The van der Waals surface area contributed by atoms with Gasteiger partial charge >= 0.3 is 5.97 Å². The third kappa shape index (κ3) is 4.83. The van der Waals surface area contributed by atoms with Gasteiger partial charge in [-0.1, -0.05) is 15.9 Å². The lowest BCUT2D eigenvalue weighted by Crippen LogP contribution is -2.54. The summed E-state index contributed by atoms with van der Waals surface area (Å²) in [5.41, 5.74) is -1.98. The SMILES string of the molecule is CCOC(=O)[C@@H](F)[C@](C)(N[S@](=O)C(C)(C)C)c1cc(Br)ccc1F. The molecule has 24 heavy (non-hydrogen) atoms. The highest BCUT2D eigenvalue weighted by Crippen LogP contribution is 2.33. The Morgan fingerprint density at radius 3 is 2.46 bits per heavy atom. The third-order valence-electron chi connectivity index (χ3n) is 3.35. The quantitative estimate of drug-likeness (QED) is 0.705. The number of alkyl halides is 1. The largest absolute Gasteiger partial charge is 0.464 e. The van der Waals surface area contributed by atoms with E-state index in [-0.39, 0.29) is 12.2 Å². The zero-order chi connectivity index (χ0) is 18.7. The molecule has 0 bridgehead atoms. The summed E-state index contributed by atoms with van der Waals surface area (Å²) in [5.74, 6) is -1.86. The van der Waals surface area contributed by atoms with Crippen LogP contribution in [0.5, 0.6) is 0 Å². The van der Waals surface area contributed by atoms with E-state index < -0.39 is 39.2 Å². The zero-order valence-electron chi connectivity index (χ0n) is 14.3. The fraction of sp³-hybridized carbons (Fsp3) is 0.562. The molecule has 136 valence electrons. The number of nitrogens with one attached hydrogen (secondary N) is 1. The smallest absolute Gasteiger partial charge is 0.343 e. The Morgan fingerprint density at radius 1 is 1.38 bits per heavy atom. The van der Waals surface area contributed by atoms with Gasteiger partial charge in [0.25, 0.3) is 0 Å². The van der Waals surface area contributed by atoms with Crippen LogP contribution in [0.3, 0.4) is 0 Å². The molecule has 0 fully saturated rings. The Labute approximate surface area is 152 Å². The summed E-state index contributed by atoms with van der Waals surface area (Å²) in [7, 11) is -1.74. The molecular formula is C16H22BrF2NO3S. The second-order valence-electron chi connectivity index (χ2n) is 6.42. The van der Waals surface area contributed by atoms with Crippen molar-refractivity contribution in [1.29, 1.82) is 0 Å². The molecule has 0 aliphatic carbocycles. The van der Waals surface area contributed by atoms with Gasteiger partial charge in [0.05, 0.1) is 27.9 Å². The maximum absolute atomic E-state index is 14.9. The van der Waals surface area contributed by atoms with Gasteiger partial charge in [-0.2, -0.15) is 0 Å². The standard InChI is InChI=1S/C16H22BrF2NO3S/c1-6-23-14(21)13(19)16(5,20-24(22)15(2,3)4)11-9-10(17)7-8-12(11)18/h7-9,13,20H,6H2,1-5H3/t13-,16-,24-/m1/s1. The second kappa shape index (κ2) is 8.01. The predicted octanol–water partition coefficient (Wildman–Crippen LogP) is 3.76. The summed E-state index contributed by atoms with van der Waals surface area (Å²) >= 11 is 3.20. The molecule has 0 heterocycles. The summed E-state index contributed by atoms with van der Waals surface area (Å²) in [4.78, 5) is 11.9. The molecule has 1 aromatic rings. The first-order valence-corrected chi connectivity index (χ1v) is 9.33. The minimum Gasteiger partial charge on any atom is -0.464 e. The van der Waals surface area contributed by atoms with E-state index in [1.807, 2.05) is 0 Å². The van der Waals surface area contributed by atoms with Crippen LogP contribution in [0.2, 0.25) is 0 Å². The molecule has 1 N–H and O–H groups in total. The minimum atomic E-state index is -2.24. The summed E-state index contributed by atoms with van der Waals surface area (Å²) in [6.45, 7) is 7.88. The number of esters is 1. The minimum absolute atomic E-state index is 0.0152. The fourth-order valence-corrected chi connectivity index (χ4v) is 3.20. The number of hydrogen-bond acceptors (Lipinski definition) is 3. The van der Waals surface area contributed by atoms with Gasteiger partial charge in [0, 0.05) is 10.0 Å². The van der Waals surface area contributed by atoms with Gasteiger partial charge in [0.1, 0.15) is 5.82 Å². The van der Waals surface area contributed by atoms with Gasteiger partial charge in [0.15, 0.2) is 0 Å². The maximum Gasteiger partial charge on any atom is 0.343 e. The van der Waals surface area contributed by atoms with Crippen molar-refractivity contribution in [3.05, 3.63) is 34.1 Å². The molecule has 0 aliphatic heterocycles. The fourth-order valence-electron chi connectivity index (χ4n) is 1.94. The number of benzene rings is 1. The highest BCUT2D eigenvalue weighted by atomic mass is 79.9. The van der Waals surface area contributed by atoms with E-state index in [1.54, 1.807) is 27.7 Å². The lowest BCUT2D eigenvalue weighted by Gasteiger charge is -2.35. The van der Waals surface area contributed by atoms with E-state index in [0.717, 1.165) is 6.07 Å². The summed E-state index contributed by atoms with van der Waals surface area (Å²) in [5, 5.41) is 0. The van der Waals surface area contributed by atoms with Crippen molar-refractivity contribution in [2.45, 2.75) is 51.1 Å². The zero-order valence-corrected chi connectivity index (χ0v) is 16.7. The van der Waals surface area contributed by atoms with Crippen LogP contribution in [-0.2, 0) is 26.1 Å². The van der Waals surface area contributed by atoms with Crippen molar-refractivity contribution in [1.82, 2.24) is 4.72 Å².